The lowest BCUT2D eigenvalue weighted by atomic mass is 9.83. The molecule has 0 radical (unpaired) electrons. The van der Waals surface area contributed by atoms with Crippen molar-refractivity contribution < 1.29 is 4.74 Å². The number of nitrogens with zero attached hydrogens (tertiary/aromatic N) is 3. The van der Waals surface area contributed by atoms with Gasteiger partial charge in [0.1, 0.15) is 5.82 Å². The van der Waals surface area contributed by atoms with Crippen LogP contribution in [0, 0.1) is 27.7 Å². The molecule has 4 heterocycles. The van der Waals surface area contributed by atoms with Crippen LogP contribution in [0.4, 0.5) is 5.69 Å². The van der Waals surface area contributed by atoms with E-state index in [1.807, 2.05) is 6.92 Å². The number of ether oxygens (including phenoxy) is 1. The number of aromatic nitrogens is 2. The molecule has 1 aromatic heterocycles. The lowest BCUT2D eigenvalue weighted by molar-refractivity contribution is 0.0782. The maximum absolute atomic E-state index is 5.50. The molecule has 1 saturated heterocycles. The van der Waals surface area contributed by atoms with E-state index in [2.05, 4.69) is 67.5 Å². The van der Waals surface area contributed by atoms with Crippen LogP contribution < -0.4 is 10.2 Å². The molecule has 1 aromatic carbocycles. The first-order valence-electron chi connectivity index (χ1n) is 11.9. The topological polar surface area (TPSA) is 50.3 Å². The number of benzene rings is 1. The van der Waals surface area contributed by atoms with E-state index in [1.54, 1.807) is 0 Å². The van der Waals surface area contributed by atoms with Crippen molar-refractivity contribution in [2.24, 2.45) is 0 Å². The summed E-state index contributed by atoms with van der Waals surface area (Å²) in [6.07, 6.45) is 11.9. The molecular weight excluding hydrogens is 396 g/mol. The molecule has 1 N–H and O–H groups in total. The first-order valence-corrected chi connectivity index (χ1v) is 11.9. The molecule has 0 spiro atoms. The predicted octanol–water partition coefficient (Wildman–Crippen LogP) is 4.43. The number of anilines is 1. The van der Waals surface area contributed by atoms with E-state index < -0.39 is 0 Å². The lowest BCUT2D eigenvalue weighted by Crippen LogP contribution is -2.36. The van der Waals surface area contributed by atoms with Gasteiger partial charge in [-0.3, -0.25) is 0 Å². The van der Waals surface area contributed by atoms with Crippen molar-refractivity contribution in [1.82, 2.24) is 15.3 Å². The van der Waals surface area contributed by atoms with E-state index in [4.69, 9.17) is 14.7 Å². The fraction of sp³-hybridized carbons (Fsp3) is 0.481. The standard InChI is InChI=1S/C27H34N4O/c1-17-15-18(2)24(19(3)16-17)25-23-7-5-6-12-31(23)27-22(29-20(4)30-26(25)27)8-11-28-21-9-13-32-14-10-21/h5-7,12,15-16,21,23,25,28H,8-11,13-14H2,1-4H3. The van der Waals surface area contributed by atoms with Crippen molar-refractivity contribution in [3.63, 3.8) is 0 Å². The Hall–Kier alpha value is -2.50. The fourth-order valence-electron chi connectivity index (χ4n) is 5.78. The summed E-state index contributed by atoms with van der Waals surface area (Å²) in [6.45, 7) is 11.4. The minimum atomic E-state index is 0.218. The molecule has 168 valence electrons. The molecule has 5 rings (SSSR count). The Morgan fingerprint density at radius 1 is 1.03 bits per heavy atom. The van der Waals surface area contributed by atoms with Crippen LogP contribution in [0.5, 0.6) is 0 Å². The Balaban J connectivity index is 1.52. The second-order valence-electron chi connectivity index (χ2n) is 9.46. The summed E-state index contributed by atoms with van der Waals surface area (Å²) in [7, 11) is 0. The zero-order valence-corrected chi connectivity index (χ0v) is 19.7. The maximum Gasteiger partial charge on any atom is 0.125 e. The number of fused-ring (bicyclic) bond motifs is 3. The van der Waals surface area contributed by atoms with E-state index in [0.717, 1.165) is 50.5 Å². The van der Waals surface area contributed by atoms with Crippen LogP contribution >= 0.6 is 0 Å². The number of allylic oxidation sites excluding steroid dienone is 2. The van der Waals surface area contributed by atoms with E-state index in [-0.39, 0.29) is 12.0 Å². The van der Waals surface area contributed by atoms with Gasteiger partial charge in [-0.15, -0.1) is 0 Å². The SMILES string of the molecule is Cc1cc(C)c(C2c3nc(C)nc(CCNC4CCOCC4)c3N3C=CC=CC23)c(C)c1. The Labute approximate surface area is 191 Å². The van der Waals surface area contributed by atoms with Crippen molar-refractivity contribution in [2.75, 3.05) is 24.7 Å². The zero-order chi connectivity index (χ0) is 22.2. The van der Waals surface area contributed by atoms with Gasteiger partial charge in [0.05, 0.1) is 29.0 Å². The zero-order valence-electron chi connectivity index (χ0n) is 19.7. The Kier molecular flexibility index (Phi) is 5.87. The smallest absolute Gasteiger partial charge is 0.125 e. The van der Waals surface area contributed by atoms with Crippen LogP contribution in [0.25, 0.3) is 0 Å². The lowest BCUT2D eigenvalue weighted by Gasteiger charge is -2.29. The second kappa shape index (κ2) is 8.80. The third kappa shape index (κ3) is 3.89. The summed E-state index contributed by atoms with van der Waals surface area (Å²) in [6, 6.07) is 5.41. The molecule has 0 saturated carbocycles. The van der Waals surface area contributed by atoms with E-state index in [9.17, 15) is 0 Å². The molecule has 32 heavy (non-hydrogen) atoms. The van der Waals surface area contributed by atoms with Crippen LogP contribution in [-0.4, -0.2) is 41.8 Å². The molecule has 5 nitrogen and oxygen atoms in total. The first-order chi connectivity index (χ1) is 15.5. The van der Waals surface area contributed by atoms with Gasteiger partial charge in [0.2, 0.25) is 0 Å². The Bertz CT molecular complexity index is 1040. The molecule has 1 fully saturated rings. The number of nitrogens with one attached hydrogen (secondary N) is 1. The Morgan fingerprint density at radius 2 is 1.78 bits per heavy atom. The van der Waals surface area contributed by atoms with Gasteiger partial charge < -0.3 is 15.0 Å². The van der Waals surface area contributed by atoms with Gasteiger partial charge in [0.15, 0.2) is 0 Å². The molecular formula is C27H34N4O. The van der Waals surface area contributed by atoms with Crippen LogP contribution in [0.15, 0.2) is 36.6 Å². The van der Waals surface area contributed by atoms with Crippen molar-refractivity contribution >= 4 is 5.69 Å². The molecule has 2 aromatic rings. The quantitative estimate of drug-likeness (QED) is 0.761. The third-order valence-corrected chi connectivity index (χ3v) is 7.04. The van der Waals surface area contributed by atoms with Gasteiger partial charge in [-0.25, -0.2) is 9.97 Å². The third-order valence-electron chi connectivity index (χ3n) is 7.04. The van der Waals surface area contributed by atoms with E-state index in [0.29, 0.717) is 6.04 Å². The molecule has 3 aliphatic rings. The highest BCUT2D eigenvalue weighted by Gasteiger charge is 2.42. The molecule has 0 amide bonds. The molecule has 3 aliphatic heterocycles. The van der Waals surface area contributed by atoms with Gasteiger partial charge in [-0.2, -0.15) is 0 Å². The van der Waals surface area contributed by atoms with Crippen LogP contribution in [-0.2, 0) is 11.2 Å². The number of aryl methyl sites for hydroxylation is 4. The normalized spacial score (nSPS) is 22.3. The average Bonchev–Trinajstić information content (AvgIpc) is 3.08. The fourth-order valence-corrected chi connectivity index (χ4v) is 5.78. The summed E-state index contributed by atoms with van der Waals surface area (Å²) in [5.41, 5.74) is 8.96. The van der Waals surface area contributed by atoms with E-state index >= 15 is 0 Å². The van der Waals surface area contributed by atoms with Gasteiger partial charge >= 0.3 is 0 Å². The van der Waals surface area contributed by atoms with Crippen LogP contribution in [0.2, 0.25) is 0 Å². The number of hydrogen-bond acceptors (Lipinski definition) is 5. The average molecular weight is 431 g/mol. The van der Waals surface area contributed by atoms with Crippen LogP contribution in [0.3, 0.4) is 0 Å². The largest absolute Gasteiger partial charge is 0.381 e. The van der Waals surface area contributed by atoms with Crippen molar-refractivity contribution in [3.05, 3.63) is 76.0 Å². The summed E-state index contributed by atoms with van der Waals surface area (Å²) < 4.78 is 5.50. The highest BCUT2D eigenvalue weighted by molar-refractivity contribution is 5.70. The molecule has 0 aliphatic carbocycles. The van der Waals surface area contributed by atoms with Gasteiger partial charge in [0, 0.05) is 38.4 Å². The van der Waals surface area contributed by atoms with Gasteiger partial charge in [-0.1, -0.05) is 29.8 Å². The van der Waals surface area contributed by atoms with Crippen molar-refractivity contribution in [1.29, 1.82) is 0 Å². The van der Waals surface area contributed by atoms with Gasteiger partial charge in [-0.05, 0) is 63.3 Å². The van der Waals surface area contributed by atoms with E-state index in [1.165, 1.54) is 33.6 Å². The monoisotopic (exact) mass is 430 g/mol. The molecule has 5 heteroatoms. The van der Waals surface area contributed by atoms with Crippen molar-refractivity contribution in [2.45, 2.75) is 65.0 Å². The minimum absolute atomic E-state index is 0.218. The summed E-state index contributed by atoms with van der Waals surface area (Å²) in [5.74, 6) is 1.08. The second-order valence-corrected chi connectivity index (χ2v) is 9.46. The summed E-state index contributed by atoms with van der Waals surface area (Å²) in [4.78, 5) is 12.4. The highest BCUT2D eigenvalue weighted by Crippen LogP contribution is 2.48. The Morgan fingerprint density at radius 3 is 2.53 bits per heavy atom. The molecule has 2 unspecified atom stereocenters. The maximum atomic E-state index is 5.50. The van der Waals surface area contributed by atoms with Crippen molar-refractivity contribution in [3.8, 4) is 0 Å². The number of hydrogen-bond donors (Lipinski definition) is 1. The minimum Gasteiger partial charge on any atom is -0.381 e. The molecule has 2 atom stereocenters. The van der Waals surface area contributed by atoms with Gasteiger partial charge in [0.25, 0.3) is 0 Å². The summed E-state index contributed by atoms with van der Waals surface area (Å²) >= 11 is 0. The first kappa shape index (κ1) is 21.4. The predicted molar refractivity (Wildman–Crippen MR) is 129 cm³/mol. The summed E-state index contributed by atoms with van der Waals surface area (Å²) in [5, 5.41) is 3.73. The number of rotatable bonds is 5. The van der Waals surface area contributed by atoms with Crippen LogP contribution in [0.1, 0.15) is 58.2 Å². The molecule has 0 bridgehead atoms. The highest BCUT2D eigenvalue weighted by atomic mass is 16.5.